The summed E-state index contributed by atoms with van der Waals surface area (Å²) in [7, 11) is 0. The van der Waals surface area contributed by atoms with Crippen molar-refractivity contribution in [2.24, 2.45) is 0 Å². The topological polar surface area (TPSA) is 56.7 Å². The number of nitrogens with two attached hydrogens (primary N) is 1. The molecule has 0 radical (unpaired) electrons. The molecule has 0 atom stereocenters. The molecule has 2 aromatic rings. The zero-order chi connectivity index (χ0) is 12.4. The van der Waals surface area contributed by atoms with Gasteiger partial charge in [-0.3, -0.25) is 4.98 Å². The fourth-order valence-electron chi connectivity index (χ4n) is 1.99. The summed E-state index contributed by atoms with van der Waals surface area (Å²) in [5.41, 5.74) is 11.0. The molecule has 2 heterocycles. The van der Waals surface area contributed by atoms with Gasteiger partial charge in [0, 0.05) is 6.20 Å². The molecular formula is C13H18N4. The first-order valence-corrected chi connectivity index (χ1v) is 5.95. The second-order valence-electron chi connectivity index (χ2n) is 4.15. The van der Waals surface area contributed by atoms with E-state index in [4.69, 9.17) is 5.73 Å². The van der Waals surface area contributed by atoms with Crippen LogP contribution in [0.15, 0.2) is 18.5 Å². The third-order valence-electron chi connectivity index (χ3n) is 2.87. The van der Waals surface area contributed by atoms with Crippen molar-refractivity contribution < 1.29 is 0 Å². The number of nitrogens with zero attached hydrogens (tertiary/aromatic N) is 3. The number of pyridine rings is 1. The van der Waals surface area contributed by atoms with E-state index >= 15 is 0 Å². The van der Waals surface area contributed by atoms with Gasteiger partial charge in [0.25, 0.3) is 0 Å². The summed E-state index contributed by atoms with van der Waals surface area (Å²) >= 11 is 0. The van der Waals surface area contributed by atoms with Crippen LogP contribution in [-0.4, -0.2) is 14.8 Å². The first-order chi connectivity index (χ1) is 8.17. The van der Waals surface area contributed by atoms with E-state index in [1.165, 1.54) is 0 Å². The first-order valence-electron chi connectivity index (χ1n) is 5.95. The molecule has 4 heteroatoms. The highest BCUT2D eigenvalue weighted by Crippen LogP contribution is 2.22. The molecule has 2 N–H and O–H groups in total. The molecule has 0 aromatic carbocycles. The van der Waals surface area contributed by atoms with Gasteiger partial charge in [0.15, 0.2) is 0 Å². The molecule has 4 nitrogen and oxygen atoms in total. The highest BCUT2D eigenvalue weighted by molar-refractivity contribution is 5.51. The normalized spacial score (nSPS) is 10.8. The van der Waals surface area contributed by atoms with Crippen LogP contribution in [0.1, 0.15) is 30.8 Å². The largest absolute Gasteiger partial charge is 0.396 e. The van der Waals surface area contributed by atoms with Crippen molar-refractivity contribution in [3.8, 4) is 5.69 Å². The lowest BCUT2D eigenvalue weighted by Gasteiger charge is -2.06. The predicted molar refractivity (Wildman–Crippen MR) is 69.3 cm³/mol. The SMILES string of the molecule is CCc1nn(-c2cncc(C)c2)c(CC)c1N. The van der Waals surface area contributed by atoms with Crippen LogP contribution in [0.3, 0.4) is 0 Å². The Hall–Kier alpha value is -1.84. The van der Waals surface area contributed by atoms with Gasteiger partial charge < -0.3 is 5.73 Å². The monoisotopic (exact) mass is 230 g/mol. The molecule has 0 saturated heterocycles. The van der Waals surface area contributed by atoms with E-state index < -0.39 is 0 Å². The molecule has 0 unspecified atom stereocenters. The zero-order valence-electron chi connectivity index (χ0n) is 10.6. The van der Waals surface area contributed by atoms with Crippen molar-refractivity contribution >= 4 is 5.69 Å². The Morgan fingerprint density at radius 3 is 2.59 bits per heavy atom. The van der Waals surface area contributed by atoms with Crippen LogP contribution >= 0.6 is 0 Å². The maximum absolute atomic E-state index is 6.10. The lowest BCUT2D eigenvalue weighted by atomic mass is 10.2. The van der Waals surface area contributed by atoms with E-state index in [-0.39, 0.29) is 0 Å². The Labute approximate surface area is 101 Å². The number of rotatable bonds is 3. The van der Waals surface area contributed by atoms with Gasteiger partial charge in [-0.15, -0.1) is 0 Å². The molecule has 2 aromatic heterocycles. The van der Waals surface area contributed by atoms with Gasteiger partial charge in [-0.2, -0.15) is 5.10 Å². The molecule has 2 rings (SSSR count). The predicted octanol–water partition coefficient (Wildman–Crippen LogP) is 2.28. The van der Waals surface area contributed by atoms with Gasteiger partial charge in [0.1, 0.15) is 0 Å². The maximum Gasteiger partial charge on any atom is 0.0858 e. The molecule has 0 spiro atoms. The minimum absolute atomic E-state index is 0.816. The summed E-state index contributed by atoms with van der Waals surface area (Å²) in [6.45, 7) is 6.18. The van der Waals surface area contributed by atoms with Crippen molar-refractivity contribution in [1.29, 1.82) is 0 Å². The van der Waals surface area contributed by atoms with Gasteiger partial charge in [-0.1, -0.05) is 13.8 Å². The summed E-state index contributed by atoms with van der Waals surface area (Å²) in [5, 5.41) is 4.56. The Morgan fingerprint density at radius 1 is 1.24 bits per heavy atom. The van der Waals surface area contributed by atoms with Crippen LogP contribution in [0, 0.1) is 6.92 Å². The molecule has 0 aliphatic rings. The molecule has 0 fully saturated rings. The zero-order valence-corrected chi connectivity index (χ0v) is 10.6. The lowest BCUT2D eigenvalue weighted by Crippen LogP contribution is -2.03. The minimum Gasteiger partial charge on any atom is -0.396 e. The Morgan fingerprint density at radius 2 is 2.00 bits per heavy atom. The highest BCUT2D eigenvalue weighted by atomic mass is 15.3. The number of hydrogen-bond acceptors (Lipinski definition) is 3. The number of aryl methyl sites for hydroxylation is 2. The minimum atomic E-state index is 0.816. The van der Waals surface area contributed by atoms with Crippen molar-refractivity contribution in [2.45, 2.75) is 33.6 Å². The quantitative estimate of drug-likeness (QED) is 0.880. The van der Waals surface area contributed by atoms with Crippen molar-refractivity contribution in [2.75, 3.05) is 5.73 Å². The second kappa shape index (κ2) is 4.57. The van der Waals surface area contributed by atoms with Gasteiger partial charge in [0.2, 0.25) is 0 Å². The Kier molecular flexibility index (Phi) is 3.13. The molecule has 0 amide bonds. The smallest absolute Gasteiger partial charge is 0.0858 e. The molecule has 0 saturated carbocycles. The Bertz CT molecular complexity index is 528. The van der Waals surface area contributed by atoms with Crippen molar-refractivity contribution in [3.63, 3.8) is 0 Å². The number of hydrogen-bond donors (Lipinski definition) is 1. The number of aromatic nitrogens is 3. The van der Waals surface area contributed by atoms with Gasteiger partial charge in [0.05, 0.1) is 29.0 Å². The fraction of sp³-hybridized carbons (Fsp3) is 0.385. The summed E-state index contributed by atoms with van der Waals surface area (Å²) in [5.74, 6) is 0. The van der Waals surface area contributed by atoms with Crippen LogP contribution in [0.5, 0.6) is 0 Å². The lowest BCUT2D eigenvalue weighted by molar-refractivity contribution is 0.789. The van der Waals surface area contributed by atoms with Crippen LogP contribution in [0.2, 0.25) is 0 Å². The van der Waals surface area contributed by atoms with Gasteiger partial charge in [-0.05, 0) is 31.4 Å². The van der Waals surface area contributed by atoms with Crippen LogP contribution in [0.4, 0.5) is 5.69 Å². The molecule has 17 heavy (non-hydrogen) atoms. The highest BCUT2D eigenvalue weighted by Gasteiger charge is 2.13. The Balaban J connectivity index is 2.58. The first kappa shape index (κ1) is 11.6. The van der Waals surface area contributed by atoms with E-state index in [1.54, 1.807) is 0 Å². The summed E-state index contributed by atoms with van der Waals surface area (Å²) < 4.78 is 1.91. The van der Waals surface area contributed by atoms with E-state index in [0.717, 1.165) is 41.2 Å². The average Bonchev–Trinajstić information content (AvgIpc) is 2.65. The fourth-order valence-corrected chi connectivity index (χ4v) is 1.99. The van der Waals surface area contributed by atoms with E-state index in [2.05, 4.69) is 30.0 Å². The average molecular weight is 230 g/mol. The van der Waals surface area contributed by atoms with Gasteiger partial charge in [-0.25, -0.2) is 4.68 Å². The summed E-state index contributed by atoms with van der Waals surface area (Å²) in [6.07, 6.45) is 5.37. The maximum atomic E-state index is 6.10. The van der Waals surface area contributed by atoms with Crippen LogP contribution in [0.25, 0.3) is 5.69 Å². The van der Waals surface area contributed by atoms with Crippen molar-refractivity contribution in [1.82, 2.24) is 14.8 Å². The van der Waals surface area contributed by atoms with E-state index in [1.807, 2.05) is 24.0 Å². The van der Waals surface area contributed by atoms with E-state index in [9.17, 15) is 0 Å². The van der Waals surface area contributed by atoms with E-state index in [0.29, 0.717) is 0 Å². The second-order valence-corrected chi connectivity index (χ2v) is 4.15. The standard InChI is InChI=1S/C13H18N4/c1-4-11-13(14)12(5-2)17(16-11)10-6-9(3)7-15-8-10/h6-8H,4-5,14H2,1-3H3. The molecule has 0 aliphatic heterocycles. The molecule has 0 bridgehead atoms. The molecular weight excluding hydrogens is 212 g/mol. The summed E-state index contributed by atoms with van der Waals surface area (Å²) in [4.78, 5) is 4.20. The number of nitrogen functional groups attached to an aromatic ring is 1. The third-order valence-corrected chi connectivity index (χ3v) is 2.87. The van der Waals surface area contributed by atoms with Gasteiger partial charge >= 0.3 is 0 Å². The van der Waals surface area contributed by atoms with Crippen LogP contribution < -0.4 is 5.73 Å². The van der Waals surface area contributed by atoms with Crippen LogP contribution in [-0.2, 0) is 12.8 Å². The third kappa shape index (κ3) is 2.02. The summed E-state index contributed by atoms with van der Waals surface area (Å²) in [6, 6.07) is 2.07. The number of anilines is 1. The molecule has 90 valence electrons. The molecule has 0 aliphatic carbocycles. The van der Waals surface area contributed by atoms with Crippen molar-refractivity contribution in [3.05, 3.63) is 35.4 Å².